The van der Waals surface area contributed by atoms with Gasteiger partial charge in [0.2, 0.25) is 5.91 Å². The Morgan fingerprint density at radius 2 is 1.61 bits per heavy atom. The van der Waals surface area contributed by atoms with Crippen LogP contribution in [0.5, 0.6) is 0 Å². The first kappa shape index (κ1) is 19.9. The number of hydrogen-bond donors (Lipinski definition) is 0. The highest BCUT2D eigenvalue weighted by atomic mass is 16.5. The number of carbonyl (C=O) groups is 1. The van der Waals surface area contributed by atoms with Gasteiger partial charge in [-0.2, -0.15) is 0 Å². The molecule has 4 heteroatoms. The molecule has 1 saturated carbocycles. The summed E-state index contributed by atoms with van der Waals surface area (Å²) in [4.78, 5) is 17.7. The SMILES string of the molecule is CN1CCC(Cc2ccc(CN(CC3CC3)C(=O)C3CCOCC3)cc2)CC1. The van der Waals surface area contributed by atoms with E-state index >= 15 is 0 Å². The molecule has 3 aliphatic rings. The van der Waals surface area contributed by atoms with Crippen LogP contribution in [0.25, 0.3) is 0 Å². The molecule has 0 aromatic heterocycles. The van der Waals surface area contributed by atoms with E-state index in [1.807, 2.05) is 0 Å². The smallest absolute Gasteiger partial charge is 0.226 e. The van der Waals surface area contributed by atoms with E-state index in [0.29, 0.717) is 5.91 Å². The fourth-order valence-electron chi connectivity index (χ4n) is 4.65. The van der Waals surface area contributed by atoms with E-state index in [-0.39, 0.29) is 5.92 Å². The molecule has 1 amide bonds. The van der Waals surface area contributed by atoms with Gasteiger partial charge in [-0.05, 0) is 88.0 Å². The summed E-state index contributed by atoms with van der Waals surface area (Å²) in [5.74, 6) is 2.07. The van der Waals surface area contributed by atoms with Crippen molar-refractivity contribution in [1.29, 1.82) is 0 Å². The van der Waals surface area contributed by atoms with Crippen LogP contribution in [-0.2, 0) is 22.5 Å². The van der Waals surface area contributed by atoms with Crippen molar-refractivity contribution in [2.45, 2.75) is 51.5 Å². The first-order valence-electron chi connectivity index (χ1n) is 11.3. The molecule has 4 rings (SSSR count). The van der Waals surface area contributed by atoms with Crippen LogP contribution in [0, 0.1) is 17.8 Å². The van der Waals surface area contributed by atoms with Gasteiger partial charge >= 0.3 is 0 Å². The minimum Gasteiger partial charge on any atom is -0.381 e. The van der Waals surface area contributed by atoms with Crippen LogP contribution < -0.4 is 0 Å². The van der Waals surface area contributed by atoms with Gasteiger partial charge in [0.1, 0.15) is 0 Å². The molecular formula is C24H36N2O2. The first-order chi connectivity index (χ1) is 13.7. The summed E-state index contributed by atoms with van der Waals surface area (Å²) in [6.45, 7) is 5.63. The number of likely N-dealkylation sites (tertiary alicyclic amines) is 1. The number of amides is 1. The van der Waals surface area contributed by atoms with E-state index in [4.69, 9.17) is 4.74 Å². The molecule has 0 bridgehead atoms. The second-order valence-corrected chi connectivity index (χ2v) is 9.32. The number of nitrogens with zero attached hydrogens (tertiary/aromatic N) is 2. The molecule has 4 nitrogen and oxygen atoms in total. The topological polar surface area (TPSA) is 32.8 Å². The van der Waals surface area contributed by atoms with Gasteiger partial charge in [0.05, 0.1) is 0 Å². The van der Waals surface area contributed by atoms with Gasteiger partial charge in [-0.25, -0.2) is 0 Å². The van der Waals surface area contributed by atoms with E-state index in [0.717, 1.165) is 51.0 Å². The number of piperidine rings is 1. The molecule has 0 unspecified atom stereocenters. The zero-order valence-electron chi connectivity index (χ0n) is 17.4. The van der Waals surface area contributed by atoms with Crippen molar-refractivity contribution in [1.82, 2.24) is 9.80 Å². The predicted octanol–water partition coefficient (Wildman–Crippen LogP) is 3.74. The normalized spacial score (nSPS) is 22.3. The maximum atomic E-state index is 13.1. The molecule has 0 atom stereocenters. The molecule has 28 heavy (non-hydrogen) atoms. The van der Waals surface area contributed by atoms with Crippen LogP contribution in [-0.4, -0.2) is 55.6 Å². The highest BCUT2D eigenvalue weighted by Crippen LogP contribution is 2.31. The Morgan fingerprint density at radius 3 is 2.25 bits per heavy atom. The number of carbonyl (C=O) groups excluding carboxylic acids is 1. The molecule has 1 aromatic carbocycles. The quantitative estimate of drug-likeness (QED) is 0.718. The van der Waals surface area contributed by atoms with Crippen LogP contribution in [0.1, 0.15) is 49.7 Å². The highest BCUT2D eigenvalue weighted by Gasteiger charge is 2.31. The molecule has 0 spiro atoms. The molecular weight excluding hydrogens is 348 g/mol. The zero-order valence-corrected chi connectivity index (χ0v) is 17.4. The number of hydrogen-bond acceptors (Lipinski definition) is 3. The maximum Gasteiger partial charge on any atom is 0.226 e. The fourth-order valence-corrected chi connectivity index (χ4v) is 4.65. The minimum absolute atomic E-state index is 0.163. The van der Waals surface area contributed by atoms with Crippen molar-refractivity contribution in [3.05, 3.63) is 35.4 Å². The summed E-state index contributed by atoms with van der Waals surface area (Å²) in [6.07, 6.45) is 8.16. The predicted molar refractivity (Wildman–Crippen MR) is 112 cm³/mol. The number of ether oxygens (including phenoxy) is 1. The average molecular weight is 385 g/mol. The molecule has 2 heterocycles. The Hall–Kier alpha value is -1.39. The van der Waals surface area contributed by atoms with Crippen LogP contribution in [0.4, 0.5) is 0 Å². The van der Waals surface area contributed by atoms with Crippen molar-refractivity contribution < 1.29 is 9.53 Å². The largest absolute Gasteiger partial charge is 0.381 e. The lowest BCUT2D eigenvalue weighted by Gasteiger charge is -2.30. The second kappa shape index (κ2) is 9.41. The van der Waals surface area contributed by atoms with Crippen molar-refractivity contribution in [2.75, 3.05) is 39.9 Å². The van der Waals surface area contributed by atoms with Crippen molar-refractivity contribution >= 4 is 5.91 Å². The van der Waals surface area contributed by atoms with E-state index < -0.39 is 0 Å². The van der Waals surface area contributed by atoms with Gasteiger partial charge < -0.3 is 14.5 Å². The summed E-state index contributed by atoms with van der Waals surface area (Å²) in [5, 5.41) is 0. The lowest BCUT2D eigenvalue weighted by molar-refractivity contribution is -0.139. The van der Waals surface area contributed by atoms with Gasteiger partial charge in [0, 0.05) is 32.2 Å². The Kier molecular flexibility index (Phi) is 6.69. The minimum atomic E-state index is 0.163. The maximum absolute atomic E-state index is 13.1. The van der Waals surface area contributed by atoms with Crippen LogP contribution >= 0.6 is 0 Å². The third-order valence-electron chi connectivity index (χ3n) is 6.82. The summed E-state index contributed by atoms with van der Waals surface area (Å²) >= 11 is 0. The summed E-state index contributed by atoms with van der Waals surface area (Å²) in [6, 6.07) is 9.09. The standard InChI is InChI=1S/C24H36N2O2/c1-25-12-8-20(9-13-25)16-19-2-4-21(5-3-19)17-26(18-22-6-7-22)24(27)23-10-14-28-15-11-23/h2-5,20,22-23H,6-18H2,1H3. The van der Waals surface area contributed by atoms with E-state index in [9.17, 15) is 4.79 Å². The monoisotopic (exact) mass is 384 g/mol. The number of rotatable bonds is 7. The molecule has 154 valence electrons. The number of benzene rings is 1. The lowest BCUT2D eigenvalue weighted by Crippen LogP contribution is -2.39. The van der Waals surface area contributed by atoms with Crippen LogP contribution in [0.15, 0.2) is 24.3 Å². The molecule has 2 saturated heterocycles. The van der Waals surface area contributed by atoms with Gasteiger partial charge in [-0.3, -0.25) is 4.79 Å². The summed E-state index contributed by atoms with van der Waals surface area (Å²) in [7, 11) is 2.22. The van der Waals surface area contributed by atoms with Crippen molar-refractivity contribution in [3.8, 4) is 0 Å². The summed E-state index contributed by atoms with van der Waals surface area (Å²) in [5.41, 5.74) is 2.72. The van der Waals surface area contributed by atoms with E-state index in [1.54, 1.807) is 0 Å². The molecule has 1 aromatic rings. The molecule has 2 aliphatic heterocycles. The Balaban J connectivity index is 1.34. The Bertz CT molecular complexity index is 627. The van der Waals surface area contributed by atoms with Gasteiger partial charge in [-0.15, -0.1) is 0 Å². The van der Waals surface area contributed by atoms with Gasteiger partial charge in [0.15, 0.2) is 0 Å². The zero-order chi connectivity index (χ0) is 19.3. The van der Waals surface area contributed by atoms with Crippen molar-refractivity contribution in [2.24, 2.45) is 17.8 Å². The third kappa shape index (κ3) is 5.57. The first-order valence-corrected chi connectivity index (χ1v) is 11.3. The lowest BCUT2D eigenvalue weighted by atomic mass is 9.90. The molecule has 3 fully saturated rings. The van der Waals surface area contributed by atoms with Crippen molar-refractivity contribution in [3.63, 3.8) is 0 Å². The highest BCUT2D eigenvalue weighted by molar-refractivity contribution is 5.79. The van der Waals surface area contributed by atoms with E-state index in [1.165, 1.54) is 56.3 Å². The third-order valence-corrected chi connectivity index (χ3v) is 6.82. The molecule has 0 radical (unpaired) electrons. The van der Waals surface area contributed by atoms with Crippen LogP contribution in [0.3, 0.4) is 0 Å². The summed E-state index contributed by atoms with van der Waals surface area (Å²) < 4.78 is 5.45. The molecule has 0 N–H and O–H groups in total. The average Bonchev–Trinajstić information content (AvgIpc) is 3.55. The second-order valence-electron chi connectivity index (χ2n) is 9.32. The fraction of sp³-hybridized carbons (Fsp3) is 0.708. The Labute approximate surface area is 170 Å². The van der Waals surface area contributed by atoms with Crippen LogP contribution in [0.2, 0.25) is 0 Å². The van der Waals surface area contributed by atoms with Gasteiger partial charge in [-0.1, -0.05) is 24.3 Å². The molecule has 1 aliphatic carbocycles. The van der Waals surface area contributed by atoms with E-state index in [2.05, 4.69) is 41.1 Å². The Morgan fingerprint density at radius 1 is 0.964 bits per heavy atom. The van der Waals surface area contributed by atoms with Gasteiger partial charge in [0.25, 0.3) is 0 Å².